The standard InChI is InChI=1S/C21H23Cl2NO4/c1-3-14(2)19(24-21(26)28-12-15-7-5-4-6-8-15)20(25)27-13-16-9-10-17(22)11-18(16)23/h4-11,14,19H,3,12-13H2,1-2H3,(H,24,26)/t14-,19+/m1/s1. The molecule has 5 nitrogen and oxygen atoms in total. The molecular formula is C21H23Cl2NO4. The van der Waals surface area contributed by atoms with Crippen molar-refractivity contribution in [1.29, 1.82) is 0 Å². The summed E-state index contributed by atoms with van der Waals surface area (Å²) in [5.41, 5.74) is 1.49. The molecule has 1 amide bonds. The van der Waals surface area contributed by atoms with Crippen LogP contribution in [0.15, 0.2) is 48.5 Å². The van der Waals surface area contributed by atoms with E-state index in [0.717, 1.165) is 5.56 Å². The van der Waals surface area contributed by atoms with Crippen molar-refractivity contribution in [2.45, 2.75) is 39.5 Å². The van der Waals surface area contributed by atoms with Crippen molar-refractivity contribution in [1.82, 2.24) is 5.32 Å². The number of ether oxygens (including phenoxy) is 2. The van der Waals surface area contributed by atoms with E-state index in [2.05, 4.69) is 5.32 Å². The predicted octanol–water partition coefficient (Wildman–Crippen LogP) is 5.38. The Balaban J connectivity index is 1.93. The second-order valence-electron chi connectivity index (χ2n) is 6.41. The van der Waals surface area contributed by atoms with Gasteiger partial charge in [-0.3, -0.25) is 0 Å². The van der Waals surface area contributed by atoms with Gasteiger partial charge in [-0.05, 0) is 23.6 Å². The van der Waals surface area contributed by atoms with Gasteiger partial charge in [0.05, 0.1) is 0 Å². The van der Waals surface area contributed by atoms with Crippen molar-refractivity contribution in [2.75, 3.05) is 0 Å². The lowest BCUT2D eigenvalue weighted by atomic mass is 9.99. The molecule has 0 saturated carbocycles. The van der Waals surface area contributed by atoms with E-state index in [4.69, 9.17) is 32.7 Å². The summed E-state index contributed by atoms with van der Waals surface area (Å²) in [6, 6.07) is 13.4. The third kappa shape index (κ3) is 6.73. The zero-order valence-corrected chi connectivity index (χ0v) is 17.3. The Hall–Kier alpha value is -2.24. The number of rotatable bonds is 8. The van der Waals surface area contributed by atoms with Gasteiger partial charge in [-0.15, -0.1) is 0 Å². The molecule has 0 aliphatic heterocycles. The molecule has 2 rings (SSSR count). The number of nitrogens with one attached hydrogen (secondary N) is 1. The first-order chi connectivity index (χ1) is 13.4. The highest BCUT2D eigenvalue weighted by atomic mass is 35.5. The highest BCUT2D eigenvalue weighted by molar-refractivity contribution is 6.35. The van der Waals surface area contributed by atoms with Crippen LogP contribution in [0.4, 0.5) is 4.79 Å². The lowest BCUT2D eigenvalue weighted by molar-refractivity contribution is -0.148. The van der Waals surface area contributed by atoms with E-state index in [1.165, 1.54) is 0 Å². The number of amides is 1. The summed E-state index contributed by atoms with van der Waals surface area (Å²) in [6.07, 6.45) is 0.0103. The number of carbonyl (C=O) groups excluding carboxylic acids is 2. The monoisotopic (exact) mass is 423 g/mol. The van der Waals surface area contributed by atoms with E-state index in [0.29, 0.717) is 22.0 Å². The molecule has 0 aliphatic rings. The number of carbonyl (C=O) groups is 2. The summed E-state index contributed by atoms with van der Waals surface area (Å²) in [7, 11) is 0. The van der Waals surface area contributed by atoms with E-state index in [1.807, 2.05) is 44.2 Å². The van der Waals surface area contributed by atoms with E-state index in [9.17, 15) is 9.59 Å². The fourth-order valence-corrected chi connectivity index (χ4v) is 2.90. The second-order valence-corrected chi connectivity index (χ2v) is 7.26. The topological polar surface area (TPSA) is 64.6 Å². The molecular weight excluding hydrogens is 401 g/mol. The largest absolute Gasteiger partial charge is 0.459 e. The minimum absolute atomic E-state index is 0.0114. The number of esters is 1. The van der Waals surface area contributed by atoms with Crippen molar-refractivity contribution < 1.29 is 19.1 Å². The zero-order chi connectivity index (χ0) is 20.5. The van der Waals surface area contributed by atoms with Crippen LogP contribution < -0.4 is 5.32 Å². The van der Waals surface area contributed by atoms with E-state index in [-0.39, 0.29) is 19.1 Å². The summed E-state index contributed by atoms with van der Waals surface area (Å²) in [6.45, 7) is 3.90. The maximum atomic E-state index is 12.5. The first kappa shape index (κ1) is 22.1. The van der Waals surface area contributed by atoms with Crippen molar-refractivity contribution in [3.63, 3.8) is 0 Å². The van der Waals surface area contributed by atoms with Crippen molar-refractivity contribution in [3.05, 3.63) is 69.7 Å². The number of hydrogen-bond acceptors (Lipinski definition) is 4. The summed E-state index contributed by atoms with van der Waals surface area (Å²) in [5, 5.41) is 3.52. The molecule has 7 heteroatoms. The molecule has 0 aliphatic carbocycles. The third-order valence-corrected chi connectivity index (χ3v) is 4.93. The first-order valence-corrected chi connectivity index (χ1v) is 9.74. The van der Waals surface area contributed by atoms with Crippen LogP contribution >= 0.6 is 23.2 Å². The van der Waals surface area contributed by atoms with Crippen LogP contribution in [0.25, 0.3) is 0 Å². The average Bonchev–Trinajstić information content (AvgIpc) is 2.69. The first-order valence-electron chi connectivity index (χ1n) is 8.98. The molecule has 0 spiro atoms. The molecule has 0 aromatic heterocycles. The van der Waals surface area contributed by atoms with Gasteiger partial charge in [0.2, 0.25) is 0 Å². The van der Waals surface area contributed by atoms with E-state index < -0.39 is 18.1 Å². The van der Waals surface area contributed by atoms with Crippen molar-refractivity contribution in [2.24, 2.45) is 5.92 Å². The van der Waals surface area contributed by atoms with Crippen molar-refractivity contribution in [3.8, 4) is 0 Å². The van der Waals surface area contributed by atoms with Crippen LogP contribution in [0.5, 0.6) is 0 Å². The van der Waals surface area contributed by atoms with Crippen molar-refractivity contribution >= 4 is 35.3 Å². The normalized spacial score (nSPS) is 12.7. The Kier molecular flexibility index (Phi) is 8.61. The van der Waals surface area contributed by atoms with Gasteiger partial charge in [-0.1, -0.05) is 79.9 Å². The molecule has 150 valence electrons. The van der Waals surface area contributed by atoms with Crippen LogP contribution in [-0.4, -0.2) is 18.1 Å². The van der Waals surface area contributed by atoms with Crippen LogP contribution in [0.2, 0.25) is 10.0 Å². The minimum atomic E-state index is -0.820. The maximum absolute atomic E-state index is 12.5. The lowest BCUT2D eigenvalue weighted by Crippen LogP contribution is -2.46. The number of benzene rings is 2. The molecule has 2 atom stereocenters. The Labute approximate surface area is 174 Å². The van der Waals surface area contributed by atoms with E-state index >= 15 is 0 Å². The zero-order valence-electron chi connectivity index (χ0n) is 15.8. The molecule has 0 saturated heterocycles. The van der Waals surface area contributed by atoms with Gasteiger partial charge >= 0.3 is 12.1 Å². The van der Waals surface area contributed by atoms with E-state index in [1.54, 1.807) is 18.2 Å². The molecule has 2 aromatic rings. The van der Waals surface area contributed by atoms with Gasteiger partial charge in [0, 0.05) is 15.6 Å². The lowest BCUT2D eigenvalue weighted by Gasteiger charge is -2.22. The Bertz CT molecular complexity index is 798. The molecule has 0 radical (unpaired) electrons. The van der Waals surface area contributed by atoms with Crippen LogP contribution in [0.3, 0.4) is 0 Å². The predicted molar refractivity (Wildman–Crippen MR) is 109 cm³/mol. The molecule has 0 unspecified atom stereocenters. The van der Waals surface area contributed by atoms with Gasteiger partial charge < -0.3 is 14.8 Å². The number of halogens is 2. The maximum Gasteiger partial charge on any atom is 0.408 e. The summed E-state index contributed by atoms with van der Waals surface area (Å²) >= 11 is 12.0. The average molecular weight is 424 g/mol. The Morgan fingerprint density at radius 2 is 1.75 bits per heavy atom. The quantitative estimate of drug-likeness (QED) is 0.578. The Morgan fingerprint density at radius 1 is 1.04 bits per heavy atom. The summed E-state index contributed by atoms with van der Waals surface area (Å²) in [4.78, 5) is 24.7. The SMILES string of the molecule is CC[C@@H](C)[C@H](NC(=O)OCc1ccccc1)C(=O)OCc1ccc(Cl)cc1Cl. The van der Waals surface area contributed by atoms with Gasteiger partial charge in [-0.25, -0.2) is 9.59 Å². The second kappa shape index (κ2) is 10.9. The highest BCUT2D eigenvalue weighted by Gasteiger charge is 2.28. The number of hydrogen-bond donors (Lipinski definition) is 1. The molecule has 2 aromatic carbocycles. The molecule has 0 fully saturated rings. The summed E-state index contributed by atoms with van der Waals surface area (Å²) in [5.74, 6) is -0.672. The molecule has 28 heavy (non-hydrogen) atoms. The Morgan fingerprint density at radius 3 is 2.39 bits per heavy atom. The van der Waals surface area contributed by atoms with Gasteiger partial charge in [0.25, 0.3) is 0 Å². The van der Waals surface area contributed by atoms with Crippen LogP contribution in [-0.2, 0) is 27.5 Å². The van der Waals surface area contributed by atoms with Crippen LogP contribution in [0.1, 0.15) is 31.4 Å². The van der Waals surface area contributed by atoms with Gasteiger partial charge in [-0.2, -0.15) is 0 Å². The summed E-state index contributed by atoms with van der Waals surface area (Å²) < 4.78 is 10.6. The smallest absolute Gasteiger partial charge is 0.408 e. The van der Waals surface area contributed by atoms with Crippen LogP contribution in [0, 0.1) is 5.92 Å². The molecule has 0 heterocycles. The number of alkyl carbamates (subject to hydrolysis) is 1. The minimum Gasteiger partial charge on any atom is -0.459 e. The highest BCUT2D eigenvalue weighted by Crippen LogP contribution is 2.22. The third-order valence-electron chi connectivity index (χ3n) is 4.34. The van der Waals surface area contributed by atoms with Gasteiger partial charge in [0.1, 0.15) is 19.3 Å². The van der Waals surface area contributed by atoms with Gasteiger partial charge in [0.15, 0.2) is 0 Å². The fourth-order valence-electron chi connectivity index (χ4n) is 2.44. The molecule has 1 N–H and O–H groups in total. The molecule has 0 bridgehead atoms. The fraction of sp³-hybridized carbons (Fsp3) is 0.333.